The van der Waals surface area contributed by atoms with Crippen LogP contribution in [-0.4, -0.2) is 24.9 Å². The Hall–Kier alpha value is -2.76. The van der Waals surface area contributed by atoms with Crippen LogP contribution in [0.4, 0.5) is 0 Å². The van der Waals surface area contributed by atoms with E-state index < -0.39 is 0 Å². The Labute approximate surface area is 282 Å². The third-order valence-electron chi connectivity index (χ3n) is 9.02. The van der Waals surface area contributed by atoms with Gasteiger partial charge in [-0.1, -0.05) is 117 Å². The maximum Gasteiger partial charge on any atom is 0.251 e. The fourth-order valence-electron chi connectivity index (χ4n) is 5.94. The van der Waals surface area contributed by atoms with Crippen molar-refractivity contribution in [2.75, 3.05) is 13.1 Å². The Balaban J connectivity index is 1.39. The molecule has 6 heteroatoms. The molecule has 0 spiro atoms. The number of carbonyl (C=O) groups is 2. The molecule has 46 heavy (non-hydrogen) atoms. The zero-order chi connectivity index (χ0) is 32.9. The number of amides is 2. The highest BCUT2D eigenvalue weighted by Gasteiger charge is 2.09. The van der Waals surface area contributed by atoms with E-state index in [2.05, 4.69) is 33.6 Å². The zero-order valence-corrected chi connectivity index (χ0v) is 29.7. The van der Waals surface area contributed by atoms with Crippen molar-refractivity contribution >= 4 is 11.8 Å². The van der Waals surface area contributed by atoms with E-state index in [1.807, 2.05) is 49.1 Å². The van der Waals surface area contributed by atoms with Crippen LogP contribution >= 0.6 is 0 Å². The lowest BCUT2D eigenvalue weighted by Gasteiger charge is -2.05. The molecule has 0 saturated carbocycles. The highest BCUT2D eigenvalue weighted by atomic mass is 16.2. The van der Waals surface area contributed by atoms with Gasteiger partial charge in [-0.2, -0.15) is 0 Å². The van der Waals surface area contributed by atoms with Crippen LogP contribution in [0.15, 0.2) is 49.1 Å². The molecule has 0 saturated heterocycles. The lowest BCUT2D eigenvalue weighted by Crippen LogP contribution is -2.33. The number of hydrogen-bond donors (Lipinski definition) is 2. The third kappa shape index (κ3) is 19.7. The van der Waals surface area contributed by atoms with Gasteiger partial charge in [0.2, 0.25) is 0 Å². The number of nitrogens with one attached hydrogen (secondary N) is 2. The predicted molar refractivity (Wildman–Crippen MR) is 191 cm³/mol. The Kier molecular flexibility index (Phi) is 23.4. The van der Waals surface area contributed by atoms with Crippen molar-refractivity contribution in [3.63, 3.8) is 0 Å². The van der Waals surface area contributed by atoms with Crippen LogP contribution in [0, 0.1) is 0 Å². The van der Waals surface area contributed by atoms with Crippen molar-refractivity contribution in [3.8, 4) is 0 Å². The molecule has 0 aliphatic heterocycles. The summed E-state index contributed by atoms with van der Waals surface area (Å²) in [5.41, 5.74) is 1.52. The fourth-order valence-corrected chi connectivity index (χ4v) is 5.94. The molecular formula is C40H68N4O2+2. The van der Waals surface area contributed by atoms with Crippen LogP contribution in [0.5, 0.6) is 0 Å². The van der Waals surface area contributed by atoms with Gasteiger partial charge in [-0.05, 0) is 25.7 Å². The van der Waals surface area contributed by atoms with Gasteiger partial charge in [-0.3, -0.25) is 9.59 Å². The molecule has 2 aromatic rings. The highest BCUT2D eigenvalue weighted by molar-refractivity contribution is 5.94. The second-order valence-corrected chi connectivity index (χ2v) is 13.2. The molecule has 0 fully saturated rings. The van der Waals surface area contributed by atoms with Crippen LogP contribution in [0.2, 0.25) is 0 Å². The van der Waals surface area contributed by atoms with Crippen molar-refractivity contribution < 1.29 is 18.7 Å². The van der Waals surface area contributed by atoms with Gasteiger partial charge in [0.25, 0.3) is 11.8 Å². The average molecular weight is 637 g/mol. The number of unbranched alkanes of at least 4 members (excludes halogenated alkanes) is 19. The van der Waals surface area contributed by atoms with Crippen LogP contribution in [0.25, 0.3) is 0 Å². The van der Waals surface area contributed by atoms with Gasteiger partial charge >= 0.3 is 0 Å². The Morgan fingerprint density at radius 2 is 0.717 bits per heavy atom. The molecule has 2 aromatic heterocycles. The topological polar surface area (TPSA) is 66.0 Å². The number of pyridine rings is 2. The lowest BCUT2D eigenvalue weighted by atomic mass is 10.1. The van der Waals surface area contributed by atoms with Crippen LogP contribution in [0.3, 0.4) is 0 Å². The molecule has 0 aliphatic carbocycles. The van der Waals surface area contributed by atoms with Gasteiger partial charge in [0.05, 0.1) is 11.1 Å². The Bertz CT molecular complexity index is 939. The highest BCUT2D eigenvalue weighted by Crippen LogP contribution is 2.11. The molecule has 2 heterocycles. The first-order chi connectivity index (χ1) is 22.6. The maximum absolute atomic E-state index is 12.4. The summed E-state index contributed by atoms with van der Waals surface area (Å²) in [6, 6.07) is 7.79. The fraction of sp³-hybridized carbons (Fsp3) is 0.700. The summed E-state index contributed by atoms with van der Waals surface area (Å²) >= 11 is 0. The van der Waals surface area contributed by atoms with Crippen molar-refractivity contribution in [1.29, 1.82) is 0 Å². The molecule has 2 rings (SSSR count). The number of rotatable bonds is 29. The summed E-state index contributed by atoms with van der Waals surface area (Å²) in [6.45, 7) is 8.06. The van der Waals surface area contributed by atoms with Crippen molar-refractivity contribution in [2.24, 2.45) is 0 Å². The van der Waals surface area contributed by atoms with Crippen molar-refractivity contribution in [2.45, 2.75) is 168 Å². The minimum atomic E-state index is 0.0467. The number of aromatic nitrogens is 2. The number of hydrogen-bond acceptors (Lipinski definition) is 2. The van der Waals surface area contributed by atoms with E-state index in [1.165, 1.54) is 128 Å². The number of nitrogens with zero attached hydrogens (tertiary/aromatic N) is 2. The van der Waals surface area contributed by atoms with Gasteiger partial charge in [0, 0.05) is 50.2 Å². The van der Waals surface area contributed by atoms with Crippen molar-refractivity contribution in [3.05, 3.63) is 60.2 Å². The molecule has 6 nitrogen and oxygen atoms in total. The molecule has 0 atom stereocenters. The first-order valence-electron chi connectivity index (χ1n) is 19.2. The molecule has 0 radical (unpaired) electrons. The standard InChI is InChI=1S/C40H66N4O2/c1-3-5-7-9-17-21-29-41-39(45)37-25-33-43(34-26-37)31-23-19-15-13-11-12-14-16-20-24-32-44-35-27-38(28-36-44)40(46)42-30-22-18-10-8-6-4-2/h25-28,33-36H,3-24,29-32H2,1-2H3/p+2. The summed E-state index contributed by atoms with van der Waals surface area (Å²) in [6.07, 6.45) is 36.0. The Morgan fingerprint density at radius 1 is 0.435 bits per heavy atom. The second kappa shape index (κ2) is 27.4. The Morgan fingerprint density at radius 3 is 1.04 bits per heavy atom. The summed E-state index contributed by atoms with van der Waals surface area (Å²) < 4.78 is 4.40. The van der Waals surface area contributed by atoms with E-state index in [9.17, 15) is 9.59 Å². The van der Waals surface area contributed by atoms with E-state index in [1.54, 1.807) is 0 Å². The molecular weight excluding hydrogens is 568 g/mol. The van der Waals surface area contributed by atoms with E-state index in [-0.39, 0.29) is 11.8 Å². The lowest BCUT2D eigenvalue weighted by molar-refractivity contribution is -0.697. The summed E-state index contributed by atoms with van der Waals surface area (Å²) in [4.78, 5) is 24.7. The molecule has 0 bridgehead atoms. The summed E-state index contributed by atoms with van der Waals surface area (Å²) in [5.74, 6) is 0.0933. The van der Waals surface area contributed by atoms with Gasteiger partial charge in [-0.15, -0.1) is 0 Å². The maximum atomic E-state index is 12.4. The van der Waals surface area contributed by atoms with E-state index >= 15 is 0 Å². The minimum Gasteiger partial charge on any atom is -0.352 e. The monoisotopic (exact) mass is 637 g/mol. The largest absolute Gasteiger partial charge is 0.352 e. The predicted octanol–water partition coefficient (Wildman–Crippen LogP) is 9.04. The van der Waals surface area contributed by atoms with Gasteiger partial charge in [0.1, 0.15) is 13.1 Å². The van der Waals surface area contributed by atoms with E-state index in [0.717, 1.165) is 50.1 Å². The quantitative estimate of drug-likeness (QED) is 0.0691. The van der Waals surface area contributed by atoms with Crippen molar-refractivity contribution in [1.82, 2.24) is 10.6 Å². The zero-order valence-electron chi connectivity index (χ0n) is 29.7. The van der Waals surface area contributed by atoms with Crippen LogP contribution in [-0.2, 0) is 13.1 Å². The summed E-state index contributed by atoms with van der Waals surface area (Å²) in [7, 11) is 0. The van der Waals surface area contributed by atoms with E-state index in [4.69, 9.17) is 0 Å². The molecule has 2 amide bonds. The third-order valence-corrected chi connectivity index (χ3v) is 9.02. The normalized spacial score (nSPS) is 11.1. The minimum absolute atomic E-state index is 0.0467. The first-order valence-corrected chi connectivity index (χ1v) is 19.2. The smallest absolute Gasteiger partial charge is 0.251 e. The molecule has 0 aliphatic rings. The van der Waals surface area contributed by atoms with Gasteiger partial charge in [0.15, 0.2) is 24.8 Å². The second-order valence-electron chi connectivity index (χ2n) is 13.2. The average Bonchev–Trinajstić information content (AvgIpc) is 3.08. The first kappa shape index (κ1) is 39.4. The molecule has 258 valence electrons. The molecule has 0 unspecified atom stereocenters. The van der Waals surface area contributed by atoms with Crippen LogP contribution < -0.4 is 19.8 Å². The number of carbonyl (C=O) groups excluding carboxylic acids is 2. The SMILES string of the molecule is CCCCCCCCNC(=O)c1cc[n+](CCCCCCCCCCCC[n+]2ccc(C(=O)NCCCCCCCC)cc2)cc1. The summed E-state index contributed by atoms with van der Waals surface area (Å²) in [5, 5.41) is 6.12. The molecule has 2 N–H and O–H groups in total. The van der Waals surface area contributed by atoms with Gasteiger partial charge in [-0.25, -0.2) is 9.13 Å². The molecule has 0 aromatic carbocycles. The number of aryl methyl sites for hydroxylation is 2. The van der Waals surface area contributed by atoms with Crippen LogP contribution in [0.1, 0.15) is 176 Å². The van der Waals surface area contributed by atoms with Gasteiger partial charge < -0.3 is 10.6 Å². The van der Waals surface area contributed by atoms with E-state index in [0.29, 0.717) is 0 Å².